The Labute approximate surface area is 82.7 Å². The van der Waals surface area contributed by atoms with E-state index in [0.29, 0.717) is 6.04 Å². The molecule has 0 radical (unpaired) electrons. The highest BCUT2D eigenvalue weighted by atomic mass is 16.1. The molecule has 0 fully saturated rings. The zero-order valence-electron chi connectivity index (χ0n) is 9.87. The minimum absolute atomic E-state index is 0.551. The predicted molar refractivity (Wildman–Crippen MR) is 57.8 cm³/mol. The first kappa shape index (κ1) is 14.9. The second kappa shape index (κ2) is 9.52. The van der Waals surface area contributed by atoms with Crippen LogP contribution in [0.5, 0.6) is 0 Å². The van der Waals surface area contributed by atoms with Crippen LogP contribution in [0, 0.1) is 0 Å². The van der Waals surface area contributed by atoms with Crippen molar-refractivity contribution in [2.75, 3.05) is 27.2 Å². The van der Waals surface area contributed by atoms with E-state index in [9.17, 15) is 4.79 Å². The molecule has 1 amide bonds. The van der Waals surface area contributed by atoms with Crippen LogP contribution in [0.4, 0.5) is 0 Å². The van der Waals surface area contributed by atoms with Crippen LogP contribution in [-0.2, 0) is 4.79 Å². The van der Waals surface area contributed by atoms with E-state index in [2.05, 4.69) is 25.8 Å². The van der Waals surface area contributed by atoms with E-state index in [-0.39, 0.29) is 0 Å². The van der Waals surface area contributed by atoms with Gasteiger partial charge in [-0.25, -0.2) is 0 Å². The summed E-state index contributed by atoms with van der Waals surface area (Å²) in [6.45, 7) is 10.0. The molecule has 13 heavy (non-hydrogen) atoms. The quantitative estimate of drug-likeness (QED) is 0.610. The first-order valence-corrected chi connectivity index (χ1v) is 4.93. The number of carbonyl (C=O) groups excluding carboxylic acids is 1. The third kappa shape index (κ3) is 9.34. The van der Waals surface area contributed by atoms with Crippen molar-refractivity contribution in [3.05, 3.63) is 0 Å². The standard InChI is InChI=1S/C8H18N2O.C2H6/c1-8(2)10(4)6-5-9(3)7-11;1-2/h7-8H,5-6H2,1-4H3;1-2H3. The van der Waals surface area contributed by atoms with Gasteiger partial charge in [0, 0.05) is 26.2 Å². The normalized spacial score (nSPS) is 9.54. The SMILES string of the molecule is CC.CC(C)N(C)CCN(C)C=O. The van der Waals surface area contributed by atoms with Gasteiger partial charge in [-0.3, -0.25) is 4.79 Å². The van der Waals surface area contributed by atoms with Gasteiger partial charge < -0.3 is 9.80 Å². The first-order valence-electron chi connectivity index (χ1n) is 4.93. The molecule has 0 aromatic heterocycles. The molecule has 0 rings (SSSR count). The van der Waals surface area contributed by atoms with Gasteiger partial charge in [-0.1, -0.05) is 13.8 Å². The molecule has 0 N–H and O–H groups in total. The fraction of sp³-hybridized carbons (Fsp3) is 0.900. The highest BCUT2D eigenvalue weighted by Crippen LogP contribution is 1.92. The lowest BCUT2D eigenvalue weighted by atomic mass is 10.3. The number of hydrogen-bond donors (Lipinski definition) is 0. The molecule has 0 saturated carbocycles. The summed E-state index contributed by atoms with van der Waals surface area (Å²) < 4.78 is 0. The molecule has 0 unspecified atom stereocenters. The molecule has 3 nitrogen and oxygen atoms in total. The van der Waals surface area contributed by atoms with Gasteiger partial charge in [0.2, 0.25) is 6.41 Å². The summed E-state index contributed by atoms with van der Waals surface area (Å²) in [4.78, 5) is 14.1. The van der Waals surface area contributed by atoms with Crippen molar-refractivity contribution in [2.24, 2.45) is 0 Å². The van der Waals surface area contributed by atoms with Gasteiger partial charge in [0.05, 0.1) is 0 Å². The number of likely N-dealkylation sites (N-methyl/N-ethyl adjacent to an activating group) is 2. The molecule has 0 spiro atoms. The van der Waals surface area contributed by atoms with Crippen molar-refractivity contribution in [2.45, 2.75) is 33.7 Å². The predicted octanol–water partition coefficient (Wildman–Crippen LogP) is 1.44. The van der Waals surface area contributed by atoms with E-state index in [1.165, 1.54) is 0 Å². The third-order valence-corrected chi connectivity index (χ3v) is 1.87. The second-order valence-corrected chi connectivity index (χ2v) is 3.16. The molecule has 0 atom stereocenters. The maximum absolute atomic E-state index is 10.2. The summed E-state index contributed by atoms with van der Waals surface area (Å²) in [5, 5.41) is 0. The van der Waals surface area contributed by atoms with Gasteiger partial charge in [0.25, 0.3) is 0 Å². The van der Waals surface area contributed by atoms with E-state index in [0.717, 1.165) is 19.5 Å². The zero-order valence-corrected chi connectivity index (χ0v) is 9.87. The topological polar surface area (TPSA) is 23.6 Å². The van der Waals surface area contributed by atoms with Gasteiger partial charge in [0.15, 0.2) is 0 Å². The van der Waals surface area contributed by atoms with Gasteiger partial charge in [-0.2, -0.15) is 0 Å². The molecule has 0 bridgehead atoms. The van der Waals surface area contributed by atoms with Crippen molar-refractivity contribution in [1.82, 2.24) is 9.80 Å². The maximum Gasteiger partial charge on any atom is 0.209 e. The van der Waals surface area contributed by atoms with Crippen molar-refractivity contribution in [3.8, 4) is 0 Å². The van der Waals surface area contributed by atoms with Crippen LogP contribution in [0.2, 0.25) is 0 Å². The van der Waals surface area contributed by atoms with E-state index in [1.807, 2.05) is 13.8 Å². The highest BCUT2D eigenvalue weighted by Gasteiger charge is 2.02. The van der Waals surface area contributed by atoms with Crippen LogP contribution < -0.4 is 0 Å². The van der Waals surface area contributed by atoms with Crippen LogP contribution in [0.25, 0.3) is 0 Å². The molecule has 3 heteroatoms. The van der Waals surface area contributed by atoms with E-state index in [1.54, 1.807) is 11.9 Å². The van der Waals surface area contributed by atoms with Gasteiger partial charge in [-0.15, -0.1) is 0 Å². The minimum Gasteiger partial charge on any atom is -0.347 e. The summed E-state index contributed by atoms with van der Waals surface area (Å²) in [5.41, 5.74) is 0. The molecule has 0 aliphatic heterocycles. The average Bonchev–Trinajstić information content (AvgIpc) is 2.16. The molecule has 0 aliphatic rings. The average molecular weight is 188 g/mol. The molecular formula is C10H24N2O. The molecule has 0 heterocycles. The van der Waals surface area contributed by atoms with Crippen LogP contribution in [0.15, 0.2) is 0 Å². The lowest BCUT2D eigenvalue weighted by molar-refractivity contribution is -0.117. The second-order valence-electron chi connectivity index (χ2n) is 3.16. The Morgan fingerprint density at radius 1 is 1.15 bits per heavy atom. The largest absolute Gasteiger partial charge is 0.347 e. The van der Waals surface area contributed by atoms with Crippen molar-refractivity contribution in [1.29, 1.82) is 0 Å². The molecule has 80 valence electrons. The van der Waals surface area contributed by atoms with Crippen molar-refractivity contribution >= 4 is 6.41 Å². The Morgan fingerprint density at radius 3 is 1.92 bits per heavy atom. The molecular weight excluding hydrogens is 164 g/mol. The maximum atomic E-state index is 10.2. The van der Waals surface area contributed by atoms with Crippen LogP contribution >= 0.6 is 0 Å². The molecule has 0 aliphatic carbocycles. The zero-order chi connectivity index (χ0) is 10.9. The molecule has 0 aromatic rings. The molecule has 0 aromatic carbocycles. The summed E-state index contributed by atoms with van der Waals surface area (Å²) in [6, 6.07) is 0.551. The van der Waals surface area contributed by atoms with Crippen LogP contribution in [0.3, 0.4) is 0 Å². The lowest BCUT2D eigenvalue weighted by Crippen LogP contribution is -2.34. The lowest BCUT2D eigenvalue weighted by Gasteiger charge is -2.22. The Morgan fingerprint density at radius 2 is 1.62 bits per heavy atom. The Hall–Kier alpha value is -0.570. The summed E-state index contributed by atoms with van der Waals surface area (Å²) in [7, 11) is 3.85. The first-order chi connectivity index (χ1) is 6.07. The fourth-order valence-electron chi connectivity index (χ4n) is 0.626. The Kier molecular flexibility index (Phi) is 10.9. The summed E-state index contributed by atoms with van der Waals surface area (Å²) >= 11 is 0. The number of nitrogens with zero attached hydrogens (tertiary/aromatic N) is 2. The minimum atomic E-state index is 0.551. The fourth-order valence-corrected chi connectivity index (χ4v) is 0.626. The highest BCUT2D eigenvalue weighted by molar-refractivity contribution is 5.46. The monoisotopic (exact) mass is 188 g/mol. The molecule has 0 saturated heterocycles. The number of carbonyl (C=O) groups is 1. The number of hydrogen-bond acceptors (Lipinski definition) is 2. The summed E-state index contributed by atoms with van der Waals surface area (Å²) in [5.74, 6) is 0. The number of rotatable bonds is 5. The van der Waals surface area contributed by atoms with Crippen molar-refractivity contribution in [3.63, 3.8) is 0 Å². The Bertz CT molecular complexity index is 115. The van der Waals surface area contributed by atoms with E-state index >= 15 is 0 Å². The number of amides is 1. The van der Waals surface area contributed by atoms with Gasteiger partial charge in [-0.05, 0) is 20.9 Å². The third-order valence-electron chi connectivity index (χ3n) is 1.87. The van der Waals surface area contributed by atoms with Crippen LogP contribution in [0.1, 0.15) is 27.7 Å². The van der Waals surface area contributed by atoms with E-state index < -0.39 is 0 Å². The van der Waals surface area contributed by atoms with Crippen LogP contribution in [-0.4, -0.2) is 49.4 Å². The Balaban J connectivity index is 0. The van der Waals surface area contributed by atoms with Gasteiger partial charge in [0.1, 0.15) is 0 Å². The summed E-state index contributed by atoms with van der Waals surface area (Å²) in [6.07, 6.45) is 0.855. The van der Waals surface area contributed by atoms with E-state index in [4.69, 9.17) is 0 Å². The smallest absolute Gasteiger partial charge is 0.209 e. The van der Waals surface area contributed by atoms with Gasteiger partial charge >= 0.3 is 0 Å². The van der Waals surface area contributed by atoms with Crippen molar-refractivity contribution < 1.29 is 4.79 Å².